The molecule has 5 nitrogen and oxygen atoms in total. The first-order valence-corrected chi connectivity index (χ1v) is 16.9. The summed E-state index contributed by atoms with van der Waals surface area (Å²) in [5.41, 5.74) is 4.92. The van der Waals surface area contributed by atoms with Gasteiger partial charge in [-0.1, -0.05) is 89.9 Å². The largest absolute Gasteiger partial charge is 0.367 e. The average Bonchev–Trinajstić information content (AvgIpc) is 3.50. The van der Waals surface area contributed by atoms with Crippen LogP contribution in [0, 0.1) is 5.92 Å². The third-order valence-electron chi connectivity index (χ3n) is 9.41. The number of rotatable bonds is 9. The van der Waals surface area contributed by atoms with Gasteiger partial charge in [-0.25, -0.2) is 9.97 Å². The number of piperazine rings is 1. The van der Waals surface area contributed by atoms with Crippen molar-refractivity contribution in [3.05, 3.63) is 136 Å². The van der Waals surface area contributed by atoms with E-state index in [1.807, 2.05) is 24.3 Å². The lowest BCUT2D eigenvalue weighted by atomic mass is 9.96. The number of para-hydroxylation sites is 1. The number of fused-ring (bicyclic) bond motifs is 1. The maximum atomic E-state index is 6.24. The zero-order valence-electron chi connectivity index (χ0n) is 25.5. The lowest BCUT2D eigenvalue weighted by Gasteiger charge is -2.39. The third-order valence-corrected chi connectivity index (χ3v) is 9.91. The van der Waals surface area contributed by atoms with Crippen molar-refractivity contribution in [2.45, 2.75) is 44.3 Å². The van der Waals surface area contributed by atoms with E-state index < -0.39 is 0 Å². The number of nitrogens with zero attached hydrogens (tertiary/aromatic N) is 4. The zero-order valence-corrected chi connectivity index (χ0v) is 27.0. The fourth-order valence-corrected chi connectivity index (χ4v) is 7.37. The fourth-order valence-electron chi connectivity index (χ4n) is 7.12. The highest BCUT2D eigenvalue weighted by atomic mass is 35.5. The van der Waals surface area contributed by atoms with E-state index in [-0.39, 0.29) is 6.04 Å². The Balaban J connectivity index is 1.03. The molecular weight excluding hydrogens is 597 g/mol. The molecule has 2 atom stereocenters. The van der Waals surface area contributed by atoms with Crippen molar-refractivity contribution in [3.8, 4) is 0 Å². The van der Waals surface area contributed by atoms with Crippen LogP contribution in [0.4, 0.5) is 5.82 Å². The van der Waals surface area contributed by atoms with Gasteiger partial charge in [0.05, 0.1) is 18.1 Å². The molecule has 4 aromatic carbocycles. The Kier molecular flexibility index (Phi) is 9.31. The van der Waals surface area contributed by atoms with Gasteiger partial charge >= 0.3 is 0 Å². The summed E-state index contributed by atoms with van der Waals surface area (Å²) in [5, 5.41) is 6.45. The van der Waals surface area contributed by atoms with Crippen LogP contribution in [0.1, 0.15) is 47.8 Å². The van der Waals surface area contributed by atoms with E-state index in [0.717, 1.165) is 71.7 Å². The Hall–Kier alpha value is -3.48. The number of anilines is 1. The molecule has 7 heteroatoms. The van der Waals surface area contributed by atoms with Crippen LogP contribution in [0.25, 0.3) is 10.9 Å². The SMILES string of the molecule is Clc1ccc(C(c2ccc(Cl)cc2)N2CCN(Cc3nc(NC4CCC(Cc5ccccc5)C4)c4ccccc4n3)CC2)cc1. The third kappa shape index (κ3) is 7.34. The van der Waals surface area contributed by atoms with E-state index in [1.54, 1.807) is 0 Å². The number of hydrogen-bond donors (Lipinski definition) is 1. The first-order valence-electron chi connectivity index (χ1n) is 16.1. The van der Waals surface area contributed by atoms with Crippen LogP contribution in [0.15, 0.2) is 103 Å². The molecule has 0 spiro atoms. The van der Waals surface area contributed by atoms with Crippen molar-refractivity contribution in [3.63, 3.8) is 0 Å². The second-order valence-corrected chi connectivity index (χ2v) is 13.4. The highest BCUT2D eigenvalue weighted by Crippen LogP contribution is 2.33. The minimum atomic E-state index is 0.145. The van der Waals surface area contributed by atoms with Gasteiger partial charge in [0, 0.05) is 47.7 Å². The Bertz CT molecular complexity index is 1660. The lowest BCUT2D eigenvalue weighted by molar-refractivity contribution is 0.103. The van der Waals surface area contributed by atoms with E-state index in [4.69, 9.17) is 33.2 Å². The molecule has 0 radical (unpaired) electrons. The van der Waals surface area contributed by atoms with Crippen molar-refractivity contribution in [2.75, 3.05) is 31.5 Å². The summed E-state index contributed by atoms with van der Waals surface area (Å²) in [6.45, 7) is 4.51. The standard InChI is InChI=1S/C38H39Cl2N5/c39-31-15-11-29(12-16-31)37(30-13-17-32(40)18-14-30)45-22-20-44(21-23-45)26-36-42-35-9-5-4-8-34(35)38(43-36)41-33-19-10-28(25-33)24-27-6-2-1-3-7-27/h1-9,11-18,28,33,37H,10,19-26H2,(H,41,42,43). The van der Waals surface area contributed by atoms with Gasteiger partial charge in [0.15, 0.2) is 0 Å². The van der Waals surface area contributed by atoms with Gasteiger partial charge < -0.3 is 5.32 Å². The molecule has 2 heterocycles. The van der Waals surface area contributed by atoms with Gasteiger partial charge in [0.25, 0.3) is 0 Å². The van der Waals surface area contributed by atoms with Crippen LogP contribution in [-0.2, 0) is 13.0 Å². The Morgan fingerprint density at radius 3 is 2.04 bits per heavy atom. The van der Waals surface area contributed by atoms with Crippen LogP contribution in [0.3, 0.4) is 0 Å². The molecule has 1 aliphatic heterocycles. The van der Waals surface area contributed by atoms with Gasteiger partial charge in [-0.15, -0.1) is 0 Å². The fraction of sp³-hybridized carbons (Fsp3) is 0.316. The van der Waals surface area contributed by atoms with Crippen LogP contribution in [0.5, 0.6) is 0 Å². The van der Waals surface area contributed by atoms with Gasteiger partial charge in [-0.3, -0.25) is 9.80 Å². The molecule has 1 saturated carbocycles. The minimum absolute atomic E-state index is 0.145. The summed E-state index contributed by atoms with van der Waals surface area (Å²) >= 11 is 12.5. The summed E-state index contributed by atoms with van der Waals surface area (Å²) in [6.07, 6.45) is 4.75. The molecule has 0 bridgehead atoms. The number of aromatic nitrogens is 2. The Morgan fingerprint density at radius 2 is 1.36 bits per heavy atom. The number of halogens is 2. The second-order valence-electron chi connectivity index (χ2n) is 12.5. The van der Waals surface area contributed by atoms with Crippen LogP contribution in [0.2, 0.25) is 10.0 Å². The molecule has 230 valence electrons. The number of hydrogen-bond acceptors (Lipinski definition) is 5. The molecule has 2 unspecified atom stereocenters. The van der Waals surface area contributed by atoms with Crippen molar-refractivity contribution in [2.24, 2.45) is 5.92 Å². The summed E-state index contributed by atoms with van der Waals surface area (Å²) in [6, 6.07) is 36.3. The molecule has 2 aliphatic rings. The van der Waals surface area contributed by atoms with E-state index in [2.05, 4.69) is 94.0 Å². The van der Waals surface area contributed by atoms with Gasteiger partial charge in [0.2, 0.25) is 0 Å². The molecule has 0 amide bonds. The Morgan fingerprint density at radius 1 is 0.711 bits per heavy atom. The predicted molar refractivity (Wildman–Crippen MR) is 186 cm³/mol. The first-order chi connectivity index (χ1) is 22.1. The van der Waals surface area contributed by atoms with Crippen molar-refractivity contribution in [1.29, 1.82) is 0 Å². The topological polar surface area (TPSA) is 44.3 Å². The Labute approximate surface area is 276 Å². The molecular formula is C38H39Cl2N5. The van der Waals surface area contributed by atoms with E-state index in [1.165, 1.54) is 36.0 Å². The molecule has 1 aromatic heterocycles. The molecule has 45 heavy (non-hydrogen) atoms. The molecule has 1 saturated heterocycles. The van der Waals surface area contributed by atoms with Crippen molar-refractivity contribution in [1.82, 2.24) is 19.8 Å². The summed E-state index contributed by atoms with van der Waals surface area (Å²) in [5.74, 6) is 2.57. The number of benzene rings is 4. The molecule has 1 aliphatic carbocycles. The summed E-state index contributed by atoms with van der Waals surface area (Å²) in [4.78, 5) is 15.2. The van der Waals surface area contributed by atoms with E-state index in [0.29, 0.717) is 12.0 Å². The quantitative estimate of drug-likeness (QED) is 0.176. The van der Waals surface area contributed by atoms with Gasteiger partial charge in [-0.05, 0) is 84.7 Å². The first kappa shape index (κ1) is 30.2. The van der Waals surface area contributed by atoms with E-state index in [9.17, 15) is 0 Å². The molecule has 7 rings (SSSR count). The van der Waals surface area contributed by atoms with Crippen molar-refractivity contribution >= 4 is 39.9 Å². The van der Waals surface area contributed by atoms with Crippen LogP contribution in [-0.4, -0.2) is 52.0 Å². The minimum Gasteiger partial charge on any atom is -0.367 e. The molecule has 1 N–H and O–H groups in total. The molecule has 2 fully saturated rings. The normalized spacial score (nSPS) is 19.4. The smallest absolute Gasteiger partial charge is 0.145 e. The summed E-state index contributed by atoms with van der Waals surface area (Å²) in [7, 11) is 0. The maximum absolute atomic E-state index is 6.24. The van der Waals surface area contributed by atoms with Crippen molar-refractivity contribution < 1.29 is 0 Å². The average molecular weight is 637 g/mol. The monoisotopic (exact) mass is 635 g/mol. The predicted octanol–water partition coefficient (Wildman–Crippen LogP) is 8.67. The van der Waals surface area contributed by atoms with Gasteiger partial charge in [0.1, 0.15) is 11.6 Å². The van der Waals surface area contributed by atoms with Crippen LogP contribution >= 0.6 is 23.2 Å². The molecule has 5 aromatic rings. The zero-order chi connectivity index (χ0) is 30.6. The van der Waals surface area contributed by atoms with E-state index >= 15 is 0 Å². The summed E-state index contributed by atoms with van der Waals surface area (Å²) < 4.78 is 0. The highest BCUT2D eigenvalue weighted by Gasteiger charge is 2.28. The van der Waals surface area contributed by atoms with Gasteiger partial charge in [-0.2, -0.15) is 0 Å². The lowest BCUT2D eigenvalue weighted by Crippen LogP contribution is -2.47. The van der Waals surface area contributed by atoms with Crippen LogP contribution < -0.4 is 5.32 Å². The maximum Gasteiger partial charge on any atom is 0.145 e. The number of nitrogens with one attached hydrogen (secondary N) is 1. The highest BCUT2D eigenvalue weighted by molar-refractivity contribution is 6.30. The second kappa shape index (κ2) is 13.9.